The van der Waals surface area contributed by atoms with Crippen LogP contribution in [0, 0.1) is 0 Å². The fourth-order valence-electron chi connectivity index (χ4n) is 1.84. The molecule has 0 bridgehead atoms. The minimum atomic E-state index is 0.234. The van der Waals surface area contributed by atoms with Crippen molar-refractivity contribution < 1.29 is 4.52 Å². The Hall–Kier alpha value is -0.200. The summed E-state index contributed by atoms with van der Waals surface area (Å²) in [5.74, 6) is 4.98. The van der Waals surface area contributed by atoms with Gasteiger partial charge >= 0.3 is 0 Å². The molecule has 1 aliphatic heterocycles. The van der Waals surface area contributed by atoms with Crippen molar-refractivity contribution in [3.8, 4) is 0 Å². The molecule has 0 amide bonds. The number of nitrogens with zero attached hydrogens (tertiary/aromatic N) is 2. The summed E-state index contributed by atoms with van der Waals surface area (Å²) in [6.07, 6.45) is 0. The van der Waals surface area contributed by atoms with Crippen LogP contribution in [-0.2, 0) is 5.75 Å². The van der Waals surface area contributed by atoms with Gasteiger partial charge in [-0.05, 0) is 7.05 Å². The Morgan fingerprint density at radius 2 is 2.22 bits per heavy atom. The predicted molar refractivity (Wildman–Crippen MR) is 78.3 cm³/mol. The molecule has 0 aliphatic carbocycles. The summed E-state index contributed by atoms with van der Waals surface area (Å²) in [7, 11) is 2.00. The van der Waals surface area contributed by atoms with Gasteiger partial charge in [0.2, 0.25) is 5.89 Å². The number of thioether (sulfide) groups is 2. The van der Waals surface area contributed by atoms with Crippen molar-refractivity contribution >= 4 is 23.5 Å². The quantitative estimate of drug-likeness (QED) is 0.918. The highest BCUT2D eigenvalue weighted by molar-refractivity contribution is 7.99. The summed E-state index contributed by atoms with van der Waals surface area (Å²) in [6, 6.07) is 0.457. The van der Waals surface area contributed by atoms with Crippen molar-refractivity contribution in [3.63, 3.8) is 0 Å². The number of hydrogen-bond donors (Lipinski definition) is 1. The zero-order chi connectivity index (χ0) is 13.2. The molecule has 4 nitrogen and oxygen atoms in total. The molecule has 0 saturated carbocycles. The first-order valence-corrected chi connectivity index (χ1v) is 8.35. The first-order chi connectivity index (χ1) is 8.49. The third-order valence-corrected chi connectivity index (χ3v) is 5.34. The van der Waals surface area contributed by atoms with E-state index in [-0.39, 0.29) is 4.75 Å². The van der Waals surface area contributed by atoms with Crippen LogP contribution in [0.5, 0.6) is 0 Å². The Labute approximate surface area is 117 Å². The fourth-order valence-corrected chi connectivity index (χ4v) is 3.94. The van der Waals surface area contributed by atoms with Crippen LogP contribution in [0.1, 0.15) is 38.4 Å². The molecule has 18 heavy (non-hydrogen) atoms. The third-order valence-electron chi connectivity index (χ3n) is 2.89. The third kappa shape index (κ3) is 3.65. The summed E-state index contributed by atoms with van der Waals surface area (Å²) in [6.45, 7) is 6.59. The number of hydrogen-bond acceptors (Lipinski definition) is 6. The van der Waals surface area contributed by atoms with Gasteiger partial charge in [-0.3, -0.25) is 0 Å². The summed E-state index contributed by atoms with van der Waals surface area (Å²) in [4.78, 5) is 4.54. The van der Waals surface area contributed by atoms with Gasteiger partial charge in [0.15, 0.2) is 5.82 Å². The van der Waals surface area contributed by atoms with Gasteiger partial charge < -0.3 is 9.84 Å². The predicted octanol–water partition coefficient (Wildman–Crippen LogP) is 2.52. The maximum Gasteiger partial charge on any atom is 0.232 e. The van der Waals surface area contributed by atoms with Crippen LogP contribution < -0.4 is 5.32 Å². The Morgan fingerprint density at radius 1 is 1.44 bits per heavy atom. The van der Waals surface area contributed by atoms with Gasteiger partial charge in [0, 0.05) is 22.3 Å². The lowest BCUT2D eigenvalue weighted by atomic mass is 10.0. The topological polar surface area (TPSA) is 51.0 Å². The molecule has 0 radical (unpaired) electrons. The molecule has 2 rings (SSSR count). The van der Waals surface area contributed by atoms with Crippen LogP contribution in [0.25, 0.3) is 0 Å². The van der Waals surface area contributed by atoms with Crippen LogP contribution in [0.3, 0.4) is 0 Å². The normalized spacial score (nSPS) is 24.7. The van der Waals surface area contributed by atoms with Gasteiger partial charge in [-0.15, -0.1) is 11.8 Å². The van der Waals surface area contributed by atoms with Crippen LogP contribution in [0.15, 0.2) is 4.52 Å². The summed E-state index contributed by atoms with van der Waals surface area (Å²) in [5.41, 5.74) is 0. The standard InChI is InChI=1S/C12H21N3OS2/c1-12(2,3)18-7-10-14-11(16-15-10)8-5-17-6-9(8)13-4/h8-9,13H,5-7H2,1-4H3. The largest absolute Gasteiger partial charge is 0.339 e. The second kappa shape index (κ2) is 5.84. The van der Waals surface area contributed by atoms with E-state index >= 15 is 0 Å². The maximum absolute atomic E-state index is 5.42. The molecule has 1 N–H and O–H groups in total. The summed E-state index contributed by atoms with van der Waals surface area (Å²) in [5, 5.41) is 7.41. The van der Waals surface area contributed by atoms with E-state index in [0.717, 1.165) is 29.0 Å². The Morgan fingerprint density at radius 3 is 2.89 bits per heavy atom. The zero-order valence-corrected chi connectivity index (χ0v) is 13.0. The van der Waals surface area contributed by atoms with E-state index in [1.807, 2.05) is 30.6 Å². The van der Waals surface area contributed by atoms with E-state index in [0.29, 0.717) is 12.0 Å². The van der Waals surface area contributed by atoms with Crippen LogP contribution in [0.4, 0.5) is 0 Å². The summed E-state index contributed by atoms with van der Waals surface area (Å²) < 4.78 is 5.65. The van der Waals surface area contributed by atoms with Gasteiger partial charge in [-0.25, -0.2) is 0 Å². The van der Waals surface area contributed by atoms with Crippen LogP contribution in [0.2, 0.25) is 0 Å². The second-order valence-electron chi connectivity index (χ2n) is 5.49. The second-order valence-corrected chi connectivity index (χ2v) is 8.37. The minimum Gasteiger partial charge on any atom is -0.339 e. The Kier molecular flexibility index (Phi) is 4.61. The molecule has 2 unspecified atom stereocenters. The number of rotatable bonds is 4. The lowest BCUT2D eigenvalue weighted by molar-refractivity contribution is 0.341. The van der Waals surface area contributed by atoms with E-state index in [1.165, 1.54) is 0 Å². The molecule has 6 heteroatoms. The molecular formula is C12H21N3OS2. The van der Waals surface area contributed by atoms with Crippen LogP contribution >= 0.6 is 23.5 Å². The molecule has 1 aliphatic rings. The van der Waals surface area contributed by atoms with Crippen molar-refractivity contribution in [2.45, 2.75) is 43.2 Å². The van der Waals surface area contributed by atoms with Crippen molar-refractivity contribution in [1.82, 2.24) is 15.5 Å². The van der Waals surface area contributed by atoms with Gasteiger partial charge in [0.25, 0.3) is 0 Å². The highest BCUT2D eigenvalue weighted by Crippen LogP contribution is 2.32. The molecule has 2 heterocycles. The molecule has 1 saturated heterocycles. The van der Waals surface area contributed by atoms with Gasteiger partial charge in [0.1, 0.15) is 0 Å². The molecule has 2 atom stereocenters. The monoisotopic (exact) mass is 287 g/mol. The number of aromatic nitrogens is 2. The smallest absolute Gasteiger partial charge is 0.232 e. The van der Waals surface area contributed by atoms with Crippen molar-refractivity contribution in [2.24, 2.45) is 0 Å². The van der Waals surface area contributed by atoms with E-state index in [9.17, 15) is 0 Å². The Bertz CT molecular complexity index is 389. The van der Waals surface area contributed by atoms with Crippen molar-refractivity contribution in [3.05, 3.63) is 11.7 Å². The number of nitrogens with one attached hydrogen (secondary N) is 1. The highest BCUT2D eigenvalue weighted by Gasteiger charge is 2.32. The lowest BCUT2D eigenvalue weighted by Gasteiger charge is -2.15. The molecule has 1 aromatic rings. The molecule has 0 spiro atoms. The van der Waals surface area contributed by atoms with E-state index < -0.39 is 0 Å². The average molecular weight is 287 g/mol. The average Bonchev–Trinajstić information content (AvgIpc) is 2.93. The molecule has 1 fully saturated rings. The molecule has 102 valence electrons. The van der Waals surface area contributed by atoms with Gasteiger partial charge in [-0.1, -0.05) is 25.9 Å². The first kappa shape index (κ1) is 14.2. The van der Waals surface area contributed by atoms with E-state index in [2.05, 4.69) is 36.2 Å². The molecular weight excluding hydrogens is 266 g/mol. The van der Waals surface area contributed by atoms with E-state index in [1.54, 1.807) is 0 Å². The Balaban J connectivity index is 1.97. The van der Waals surface area contributed by atoms with Gasteiger partial charge in [-0.2, -0.15) is 16.7 Å². The molecule has 1 aromatic heterocycles. The van der Waals surface area contributed by atoms with E-state index in [4.69, 9.17) is 4.52 Å². The summed E-state index contributed by atoms with van der Waals surface area (Å²) >= 11 is 3.78. The number of likely N-dealkylation sites (N-methyl/N-ethyl adjacent to an activating group) is 1. The fraction of sp³-hybridized carbons (Fsp3) is 0.833. The van der Waals surface area contributed by atoms with Crippen LogP contribution in [-0.4, -0.2) is 39.5 Å². The maximum atomic E-state index is 5.42. The zero-order valence-electron chi connectivity index (χ0n) is 11.4. The van der Waals surface area contributed by atoms with Gasteiger partial charge in [0.05, 0.1) is 11.7 Å². The minimum absolute atomic E-state index is 0.234. The highest BCUT2D eigenvalue weighted by atomic mass is 32.2. The lowest BCUT2D eigenvalue weighted by Crippen LogP contribution is -2.31. The SMILES string of the molecule is CNC1CSCC1c1nc(CSC(C)(C)C)no1. The van der Waals surface area contributed by atoms with Crippen molar-refractivity contribution in [2.75, 3.05) is 18.6 Å². The first-order valence-electron chi connectivity index (χ1n) is 6.21. The van der Waals surface area contributed by atoms with Crippen molar-refractivity contribution in [1.29, 1.82) is 0 Å². The molecule has 0 aromatic carbocycles.